The van der Waals surface area contributed by atoms with Gasteiger partial charge in [-0.25, -0.2) is 0 Å². The molecule has 1 atom stereocenters. The van der Waals surface area contributed by atoms with E-state index in [1.807, 2.05) is 19.1 Å². The highest BCUT2D eigenvalue weighted by Crippen LogP contribution is 2.39. The number of anilines is 1. The maximum Gasteiger partial charge on any atom is 0.323 e. The van der Waals surface area contributed by atoms with Gasteiger partial charge < -0.3 is 19.1 Å². The molecule has 2 aliphatic rings. The molecule has 23 heavy (non-hydrogen) atoms. The molecular formula is C17H24N2O4. The normalized spacial score (nSPS) is 19.3. The van der Waals surface area contributed by atoms with Crippen LogP contribution < -0.4 is 14.4 Å². The third kappa shape index (κ3) is 3.22. The molecule has 2 heterocycles. The van der Waals surface area contributed by atoms with E-state index in [2.05, 4.69) is 15.9 Å². The van der Waals surface area contributed by atoms with Crippen LogP contribution in [0.2, 0.25) is 0 Å². The lowest BCUT2D eigenvalue weighted by molar-refractivity contribution is -0.147. The van der Waals surface area contributed by atoms with Gasteiger partial charge in [-0.3, -0.25) is 9.69 Å². The minimum Gasteiger partial charge on any atom is -0.486 e. The molecule has 0 N–H and O–H groups in total. The number of carbonyl (C=O) groups excluding carboxylic acids is 1. The summed E-state index contributed by atoms with van der Waals surface area (Å²) >= 11 is 0. The number of hydrogen-bond acceptors (Lipinski definition) is 6. The Morgan fingerprint density at radius 2 is 1.96 bits per heavy atom. The van der Waals surface area contributed by atoms with E-state index in [0.717, 1.165) is 49.8 Å². The Kier molecular flexibility index (Phi) is 4.91. The molecule has 0 amide bonds. The molecule has 0 aromatic heterocycles. The molecule has 0 radical (unpaired) electrons. The van der Waals surface area contributed by atoms with E-state index in [4.69, 9.17) is 14.2 Å². The van der Waals surface area contributed by atoms with Gasteiger partial charge in [0, 0.05) is 26.2 Å². The molecule has 126 valence electrons. The highest BCUT2D eigenvalue weighted by atomic mass is 16.6. The summed E-state index contributed by atoms with van der Waals surface area (Å²) in [6.45, 7) is 6.58. The summed E-state index contributed by atoms with van der Waals surface area (Å²) in [7, 11) is 1.45. The van der Waals surface area contributed by atoms with Crippen LogP contribution in [0.3, 0.4) is 0 Å². The number of piperazine rings is 1. The molecule has 1 fully saturated rings. The molecule has 1 aromatic carbocycles. The molecule has 3 rings (SSSR count). The third-order valence-corrected chi connectivity index (χ3v) is 4.50. The SMILES string of the molecule is CC[C@H](C(=O)OC)N1CCN(c2cccc3c2OCCO3)CC1. The van der Waals surface area contributed by atoms with Crippen molar-refractivity contribution in [3.05, 3.63) is 18.2 Å². The fourth-order valence-electron chi connectivity index (χ4n) is 3.29. The number of fused-ring (bicyclic) bond motifs is 1. The predicted octanol–water partition coefficient (Wildman–Crippen LogP) is 1.53. The molecule has 0 bridgehead atoms. The van der Waals surface area contributed by atoms with Gasteiger partial charge in [0.05, 0.1) is 12.8 Å². The standard InChI is InChI=1S/C17H24N2O4/c1-3-13(17(20)21-2)18-7-9-19(10-8-18)14-5-4-6-15-16(14)23-12-11-22-15/h4-6,13H,3,7-12H2,1-2H3/t13-/m1/s1. The van der Waals surface area contributed by atoms with Gasteiger partial charge in [-0.15, -0.1) is 0 Å². The van der Waals surface area contributed by atoms with Crippen LogP contribution in [0.15, 0.2) is 18.2 Å². The van der Waals surface area contributed by atoms with E-state index < -0.39 is 0 Å². The smallest absolute Gasteiger partial charge is 0.323 e. The zero-order valence-electron chi connectivity index (χ0n) is 13.8. The minimum atomic E-state index is -0.147. The zero-order valence-corrected chi connectivity index (χ0v) is 13.8. The van der Waals surface area contributed by atoms with Crippen LogP contribution >= 0.6 is 0 Å². The van der Waals surface area contributed by atoms with Crippen molar-refractivity contribution >= 4 is 11.7 Å². The number of ether oxygens (including phenoxy) is 3. The van der Waals surface area contributed by atoms with Crippen LogP contribution in [-0.2, 0) is 9.53 Å². The maximum atomic E-state index is 11.9. The fourth-order valence-corrected chi connectivity index (χ4v) is 3.29. The number of para-hydroxylation sites is 1. The lowest BCUT2D eigenvalue weighted by Gasteiger charge is -2.39. The van der Waals surface area contributed by atoms with Crippen LogP contribution in [0.5, 0.6) is 11.5 Å². The number of carbonyl (C=O) groups is 1. The second-order valence-electron chi connectivity index (χ2n) is 5.77. The van der Waals surface area contributed by atoms with Crippen LogP contribution in [0.4, 0.5) is 5.69 Å². The fraction of sp³-hybridized carbons (Fsp3) is 0.588. The van der Waals surface area contributed by atoms with Crippen molar-refractivity contribution in [1.29, 1.82) is 0 Å². The number of hydrogen-bond donors (Lipinski definition) is 0. The Balaban J connectivity index is 1.69. The lowest BCUT2D eigenvalue weighted by atomic mass is 10.1. The monoisotopic (exact) mass is 320 g/mol. The van der Waals surface area contributed by atoms with Gasteiger partial charge in [-0.2, -0.15) is 0 Å². The van der Waals surface area contributed by atoms with Crippen molar-refractivity contribution in [3.63, 3.8) is 0 Å². The van der Waals surface area contributed by atoms with Gasteiger partial charge in [0.2, 0.25) is 0 Å². The second kappa shape index (κ2) is 7.08. The molecule has 0 aliphatic carbocycles. The van der Waals surface area contributed by atoms with E-state index in [1.165, 1.54) is 7.11 Å². The molecule has 6 nitrogen and oxygen atoms in total. The Morgan fingerprint density at radius 1 is 1.22 bits per heavy atom. The van der Waals surface area contributed by atoms with Crippen LogP contribution in [0, 0.1) is 0 Å². The quantitative estimate of drug-likeness (QED) is 0.784. The molecule has 1 aromatic rings. The average molecular weight is 320 g/mol. The number of rotatable bonds is 4. The zero-order chi connectivity index (χ0) is 16.2. The average Bonchev–Trinajstić information content (AvgIpc) is 2.62. The topological polar surface area (TPSA) is 51.2 Å². The Bertz CT molecular complexity index is 556. The molecule has 2 aliphatic heterocycles. The van der Waals surface area contributed by atoms with E-state index in [-0.39, 0.29) is 12.0 Å². The van der Waals surface area contributed by atoms with Crippen LogP contribution in [-0.4, -0.2) is 63.4 Å². The first-order valence-electron chi connectivity index (χ1n) is 8.20. The lowest BCUT2D eigenvalue weighted by Crippen LogP contribution is -2.53. The first-order valence-corrected chi connectivity index (χ1v) is 8.20. The van der Waals surface area contributed by atoms with E-state index in [1.54, 1.807) is 0 Å². The van der Waals surface area contributed by atoms with Crippen molar-refractivity contribution in [2.75, 3.05) is 51.4 Å². The molecule has 0 unspecified atom stereocenters. The Morgan fingerprint density at radius 3 is 2.65 bits per heavy atom. The molecule has 0 saturated carbocycles. The Hall–Kier alpha value is -1.95. The largest absolute Gasteiger partial charge is 0.486 e. The molecule has 6 heteroatoms. The summed E-state index contributed by atoms with van der Waals surface area (Å²) in [6, 6.07) is 5.86. The number of benzene rings is 1. The highest BCUT2D eigenvalue weighted by Gasteiger charge is 2.30. The van der Waals surface area contributed by atoms with Gasteiger partial charge in [-0.1, -0.05) is 13.0 Å². The molecular weight excluding hydrogens is 296 g/mol. The Labute approximate surface area is 136 Å². The third-order valence-electron chi connectivity index (χ3n) is 4.50. The second-order valence-corrected chi connectivity index (χ2v) is 5.77. The predicted molar refractivity (Wildman–Crippen MR) is 87.3 cm³/mol. The number of esters is 1. The maximum absolute atomic E-state index is 11.9. The van der Waals surface area contributed by atoms with E-state index in [9.17, 15) is 4.79 Å². The van der Waals surface area contributed by atoms with E-state index in [0.29, 0.717) is 13.2 Å². The first-order chi connectivity index (χ1) is 11.2. The van der Waals surface area contributed by atoms with Crippen LogP contribution in [0.25, 0.3) is 0 Å². The van der Waals surface area contributed by atoms with Gasteiger partial charge >= 0.3 is 5.97 Å². The van der Waals surface area contributed by atoms with Crippen molar-refractivity contribution in [1.82, 2.24) is 4.90 Å². The summed E-state index contributed by atoms with van der Waals surface area (Å²) in [5.41, 5.74) is 1.08. The van der Waals surface area contributed by atoms with Gasteiger partial charge in [-0.05, 0) is 18.6 Å². The van der Waals surface area contributed by atoms with Gasteiger partial charge in [0.15, 0.2) is 11.5 Å². The summed E-state index contributed by atoms with van der Waals surface area (Å²) < 4.78 is 16.4. The number of methoxy groups -OCH3 is 1. The summed E-state index contributed by atoms with van der Waals surface area (Å²) in [4.78, 5) is 16.4. The van der Waals surface area contributed by atoms with Crippen molar-refractivity contribution in [2.24, 2.45) is 0 Å². The van der Waals surface area contributed by atoms with Gasteiger partial charge in [0.1, 0.15) is 19.3 Å². The highest BCUT2D eigenvalue weighted by molar-refractivity contribution is 5.75. The minimum absolute atomic E-state index is 0.144. The number of nitrogens with zero attached hydrogens (tertiary/aromatic N) is 2. The van der Waals surface area contributed by atoms with Crippen molar-refractivity contribution in [3.8, 4) is 11.5 Å². The molecule has 1 saturated heterocycles. The summed E-state index contributed by atoms with van der Waals surface area (Å²) in [5.74, 6) is 1.51. The van der Waals surface area contributed by atoms with Crippen LogP contribution in [0.1, 0.15) is 13.3 Å². The first kappa shape index (κ1) is 15.9. The summed E-state index contributed by atoms with van der Waals surface area (Å²) in [5, 5.41) is 0. The van der Waals surface area contributed by atoms with Crippen molar-refractivity contribution in [2.45, 2.75) is 19.4 Å². The van der Waals surface area contributed by atoms with E-state index >= 15 is 0 Å². The molecule has 0 spiro atoms. The summed E-state index contributed by atoms with van der Waals surface area (Å²) in [6.07, 6.45) is 0.768. The van der Waals surface area contributed by atoms with Gasteiger partial charge in [0.25, 0.3) is 0 Å². The van der Waals surface area contributed by atoms with Crippen molar-refractivity contribution < 1.29 is 19.0 Å².